The van der Waals surface area contributed by atoms with Gasteiger partial charge in [0.25, 0.3) is 0 Å². The largest absolute Gasteiger partial charge is 0.454 e. The number of amides is 1. The number of ether oxygens (including phenoxy) is 2. The van der Waals surface area contributed by atoms with E-state index in [4.69, 9.17) is 9.47 Å². The van der Waals surface area contributed by atoms with Crippen molar-refractivity contribution in [1.29, 1.82) is 0 Å². The van der Waals surface area contributed by atoms with Gasteiger partial charge in [-0.3, -0.25) is 4.79 Å². The van der Waals surface area contributed by atoms with Crippen LogP contribution in [0.15, 0.2) is 23.3 Å². The number of unbranched alkanes of at least 4 members (excludes halogenated alkanes) is 5. The number of fused-ring (bicyclic) bond motifs is 1. The molecule has 0 unspecified atom stereocenters. The van der Waals surface area contributed by atoms with Gasteiger partial charge in [0.2, 0.25) is 12.7 Å². The first kappa shape index (κ1) is 16.3. The Morgan fingerprint density at radius 2 is 1.95 bits per heavy atom. The zero-order valence-corrected chi connectivity index (χ0v) is 13.1. The van der Waals surface area contributed by atoms with Crippen molar-refractivity contribution in [2.45, 2.75) is 51.9 Å². The zero-order chi connectivity index (χ0) is 15.6. The average molecular weight is 304 g/mol. The molecule has 0 aromatic heterocycles. The average Bonchev–Trinajstić information content (AvgIpc) is 2.98. The molecule has 0 saturated heterocycles. The number of hydrazone groups is 1. The van der Waals surface area contributed by atoms with Crippen LogP contribution in [0.3, 0.4) is 0 Å². The van der Waals surface area contributed by atoms with E-state index in [1.165, 1.54) is 25.7 Å². The molecule has 22 heavy (non-hydrogen) atoms. The molecule has 1 heterocycles. The van der Waals surface area contributed by atoms with Gasteiger partial charge in [0.1, 0.15) is 0 Å². The minimum atomic E-state index is -0.0347. The van der Waals surface area contributed by atoms with Crippen molar-refractivity contribution >= 4 is 12.1 Å². The lowest BCUT2D eigenvalue weighted by Gasteiger charge is -2.01. The molecule has 0 aliphatic carbocycles. The third-order valence-corrected chi connectivity index (χ3v) is 3.56. The lowest BCUT2D eigenvalue weighted by molar-refractivity contribution is -0.121. The summed E-state index contributed by atoms with van der Waals surface area (Å²) in [4.78, 5) is 11.6. The summed E-state index contributed by atoms with van der Waals surface area (Å²) in [6.45, 7) is 2.45. The van der Waals surface area contributed by atoms with Gasteiger partial charge in [0.15, 0.2) is 11.5 Å². The molecule has 5 nitrogen and oxygen atoms in total. The lowest BCUT2D eigenvalue weighted by Crippen LogP contribution is -2.16. The SMILES string of the molecule is CCCCCCCCC(=O)N/N=C/c1ccc2c(c1)OCO2. The normalized spacial score (nSPS) is 12.8. The third-order valence-electron chi connectivity index (χ3n) is 3.56. The summed E-state index contributed by atoms with van der Waals surface area (Å²) in [6, 6.07) is 5.55. The number of nitrogens with zero attached hydrogens (tertiary/aromatic N) is 1. The fourth-order valence-electron chi connectivity index (χ4n) is 2.29. The summed E-state index contributed by atoms with van der Waals surface area (Å²) in [5.74, 6) is 1.42. The summed E-state index contributed by atoms with van der Waals surface area (Å²) in [5.41, 5.74) is 3.42. The van der Waals surface area contributed by atoms with Crippen LogP contribution in [0.25, 0.3) is 0 Å². The standard InChI is InChI=1S/C17H24N2O3/c1-2-3-4-5-6-7-8-17(20)19-18-12-14-9-10-15-16(11-14)22-13-21-15/h9-12H,2-8,13H2,1H3,(H,19,20)/b18-12+. The zero-order valence-electron chi connectivity index (χ0n) is 13.1. The molecule has 120 valence electrons. The Kier molecular flexibility index (Phi) is 6.74. The molecule has 0 radical (unpaired) electrons. The van der Waals surface area contributed by atoms with Crippen molar-refractivity contribution in [3.8, 4) is 11.5 Å². The number of carbonyl (C=O) groups excluding carboxylic acids is 1. The molecule has 1 N–H and O–H groups in total. The summed E-state index contributed by atoms with van der Waals surface area (Å²) in [5, 5.41) is 3.97. The lowest BCUT2D eigenvalue weighted by atomic mass is 10.1. The number of nitrogens with one attached hydrogen (secondary N) is 1. The van der Waals surface area contributed by atoms with E-state index < -0.39 is 0 Å². The van der Waals surface area contributed by atoms with Crippen molar-refractivity contribution in [3.63, 3.8) is 0 Å². The van der Waals surface area contributed by atoms with Crippen LogP contribution in [0.2, 0.25) is 0 Å². The molecular formula is C17H24N2O3. The van der Waals surface area contributed by atoms with Gasteiger partial charge in [-0.15, -0.1) is 0 Å². The summed E-state index contributed by atoms with van der Waals surface area (Å²) in [7, 11) is 0. The Balaban J connectivity index is 1.63. The molecule has 1 amide bonds. The molecule has 1 aromatic rings. The van der Waals surface area contributed by atoms with Crippen LogP contribution in [0.1, 0.15) is 57.4 Å². The monoisotopic (exact) mass is 304 g/mol. The van der Waals surface area contributed by atoms with Crippen molar-refractivity contribution in [3.05, 3.63) is 23.8 Å². The molecule has 0 bridgehead atoms. The van der Waals surface area contributed by atoms with Crippen LogP contribution in [0.5, 0.6) is 11.5 Å². The highest BCUT2D eigenvalue weighted by atomic mass is 16.7. The Morgan fingerprint density at radius 1 is 1.18 bits per heavy atom. The molecule has 0 atom stereocenters. The van der Waals surface area contributed by atoms with Crippen molar-refractivity contribution < 1.29 is 14.3 Å². The smallest absolute Gasteiger partial charge is 0.240 e. The fourth-order valence-corrected chi connectivity index (χ4v) is 2.29. The number of carbonyl (C=O) groups is 1. The van der Waals surface area contributed by atoms with Gasteiger partial charge in [-0.1, -0.05) is 39.0 Å². The van der Waals surface area contributed by atoms with E-state index in [2.05, 4.69) is 17.5 Å². The maximum Gasteiger partial charge on any atom is 0.240 e. The van der Waals surface area contributed by atoms with E-state index in [9.17, 15) is 4.79 Å². The van der Waals surface area contributed by atoms with Gasteiger partial charge < -0.3 is 9.47 Å². The molecule has 0 spiro atoms. The Morgan fingerprint density at radius 3 is 2.82 bits per heavy atom. The van der Waals surface area contributed by atoms with Crippen LogP contribution in [0.4, 0.5) is 0 Å². The van der Waals surface area contributed by atoms with Gasteiger partial charge in [-0.05, 0) is 30.2 Å². The molecule has 2 rings (SSSR count). The van der Waals surface area contributed by atoms with Gasteiger partial charge >= 0.3 is 0 Å². The molecule has 1 aliphatic rings. The predicted octanol–water partition coefficient (Wildman–Crippen LogP) is 3.62. The first-order valence-corrected chi connectivity index (χ1v) is 8.01. The van der Waals surface area contributed by atoms with Gasteiger partial charge in [-0.2, -0.15) is 5.10 Å². The number of rotatable bonds is 9. The highest BCUT2D eigenvalue weighted by molar-refractivity contribution is 5.83. The minimum absolute atomic E-state index is 0.0347. The third kappa shape index (κ3) is 5.39. The predicted molar refractivity (Wildman–Crippen MR) is 86.3 cm³/mol. The molecule has 5 heteroatoms. The molecular weight excluding hydrogens is 280 g/mol. The highest BCUT2D eigenvalue weighted by Gasteiger charge is 2.12. The Labute approximate surface area is 131 Å². The van der Waals surface area contributed by atoms with Gasteiger partial charge in [0, 0.05) is 6.42 Å². The maximum atomic E-state index is 11.6. The Hall–Kier alpha value is -2.04. The van der Waals surface area contributed by atoms with Crippen LogP contribution >= 0.6 is 0 Å². The van der Waals surface area contributed by atoms with E-state index in [-0.39, 0.29) is 12.7 Å². The topological polar surface area (TPSA) is 59.9 Å². The second kappa shape index (κ2) is 9.07. The number of hydrogen-bond donors (Lipinski definition) is 1. The van der Waals surface area contributed by atoms with Gasteiger partial charge in [0.05, 0.1) is 6.21 Å². The molecule has 1 aliphatic heterocycles. The van der Waals surface area contributed by atoms with E-state index in [1.807, 2.05) is 18.2 Å². The van der Waals surface area contributed by atoms with E-state index >= 15 is 0 Å². The van der Waals surface area contributed by atoms with Crippen LogP contribution in [-0.2, 0) is 4.79 Å². The van der Waals surface area contributed by atoms with Crippen molar-refractivity contribution in [2.75, 3.05) is 6.79 Å². The number of benzene rings is 1. The van der Waals surface area contributed by atoms with E-state index in [0.717, 1.165) is 24.2 Å². The minimum Gasteiger partial charge on any atom is -0.454 e. The molecule has 0 fully saturated rings. The summed E-state index contributed by atoms with van der Waals surface area (Å²) in [6.07, 6.45) is 9.18. The summed E-state index contributed by atoms with van der Waals surface area (Å²) < 4.78 is 10.5. The first-order valence-electron chi connectivity index (χ1n) is 8.01. The van der Waals surface area contributed by atoms with Crippen molar-refractivity contribution in [1.82, 2.24) is 5.43 Å². The second-order valence-corrected chi connectivity index (χ2v) is 5.42. The van der Waals surface area contributed by atoms with E-state index in [0.29, 0.717) is 12.2 Å². The van der Waals surface area contributed by atoms with E-state index in [1.54, 1.807) is 6.21 Å². The highest BCUT2D eigenvalue weighted by Crippen LogP contribution is 2.31. The first-order chi connectivity index (χ1) is 10.8. The Bertz CT molecular complexity index is 515. The van der Waals surface area contributed by atoms with Crippen LogP contribution in [0, 0.1) is 0 Å². The van der Waals surface area contributed by atoms with Crippen LogP contribution in [-0.4, -0.2) is 18.9 Å². The molecule has 0 saturated carbocycles. The number of hydrogen-bond acceptors (Lipinski definition) is 4. The van der Waals surface area contributed by atoms with Crippen LogP contribution < -0.4 is 14.9 Å². The molecule has 1 aromatic carbocycles. The second-order valence-electron chi connectivity index (χ2n) is 5.42. The quantitative estimate of drug-likeness (QED) is 0.430. The van der Waals surface area contributed by atoms with Crippen molar-refractivity contribution in [2.24, 2.45) is 5.10 Å². The summed E-state index contributed by atoms with van der Waals surface area (Å²) >= 11 is 0. The maximum absolute atomic E-state index is 11.6. The fraction of sp³-hybridized carbons (Fsp3) is 0.529. The van der Waals surface area contributed by atoms with Gasteiger partial charge in [-0.25, -0.2) is 5.43 Å².